The molecule has 0 bridgehead atoms. The minimum Gasteiger partial charge on any atom is -0.469 e. The first-order valence-corrected chi connectivity index (χ1v) is 9.91. The molecular weight excluding hydrogens is 485 g/mol. The van der Waals surface area contributed by atoms with Gasteiger partial charge >= 0.3 is 0 Å². The molecule has 0 radical (unpaired) electrons. The van der Waals surface area contributed by atoms with Crippen molar-refractivity contribution in [3.63, 3.8) is 0 Å². The molecular formula is C21H26IN3O2S. The molecule has 1 aromatic carbocycles. The van der Waals surface area contributed by atoms with Crippen molar-refractivity contribution in [2.24, 2.45) is 4.99 Å². The van der Waals surface area contributed by atoms with Gasteiger partial charge in [0.2, 0.25) is 0 Å². The molecule has 0 aliphatic heterocycles. The topological polar surface area (TPSA) is 69.8 Å². The number of halogens is 1. The fourth-order valence-corrected chi connectivity index (χ4v) is 3.40. The van der Waals surface area contributed by atoms with Crippen LogP contribution in [0.2, 0.25) is 0 Å². The maximum Gasteiger partial charge on any atom is 0.191 e. The van der Waals surface area contributed by atoms with Crippen LogP contribution in [0.1, 0.15) is 23.8 Å². The summed E-state index contributed by atoms with van der Waals surface area (Å²) in [6.45, 7) is 3.43. The van der Waals surface area contributed by atoms with E-state index in [-0.39, 0.29) is 24.0 Å². The van der Waals surface area contributed by atoms with Crippen molar-refractivity contribution in [3.05, 3.63) is 82.4 Å². The van der Waals surface area contributed by atoms with Crippen molar-refractivity contribution in [3.8, 4) is 0 Å². The predicted octanol–water partition coefficient (Wildman–Crippen LogP) is 4.14. The standard InChI is InChI=1S/C21H25N3O2S.HI/c1-21(25,18-10-13-27-15-18)16-24-20(22-11-9-19-8-5-12-26-19)23-14-17-6-3-2-4-7-17;/h2-8,10,12-13,15,25H,9,11,14,16H2,1H3,(H2,22,23,24);1H. The summed E-state index contributed by atoms with van der Waals surface area (Å²) in [5.41, 5.74) is 1.07. The highest BCUT2D eigenvalue weighted by Gasteiger charge is 2.23. The average molecular weight is 511 g/mol. The van der Waals surface area contributed by atoms with Crippen molar-refractivity contribution in [1.82, 2.24) is 10.6 Å². The van der Waals surface area contributed by atoms with Crippen molar-refractivity contribution < 1.29 is 9.52 Å². The van der Waals surface area contributed by atoms with Gasteiger partial charge < -0.3 is 20.2 Å². The Morgan fingerprint density at radius 1 is 1.14 bits per heavy atom. The number of furan rings is 1. The van der Waals surface area contributed by atoms with Crippen molar-refractivity contribution >= 4 is 41.3 Å². The Kier molecular flexibility index (Phi) is 9.01. The fraction of sp³-hybridized carbons (Fsp3) is 0.286. The summed E-state index contributed by atoms with van der Waals surface area (Å²) in [4.78, 5) is 4.65. The highest BCUT2D eigenvalue weighted by molar-refractivity contribution is 14.0. The molecule has 1 atom stereocenters. The zero-order valence-corrected chi connectivity index (χ0v) is 18.9. The molecule has 7 heteroatoms. The second-order valence-electron chi connectivity index (χ2n) is 6.55. The molecule has 0 spiro atoms. The number of hydrogen-bond donors (Lipinski definition) is 3. The zero-order chi connectivity index (χ0) is 19.0. The van der Waals surface area contributed by atoms with Crippen LogP contribution in [0.25, 0.3) is 0 Å². The van der Waals surface area contributed by atoms with Crippen LogP contribution in [0.4, 0.5) is 0 Å². The Morgan fingerprint density at radius 3 is 2.64 bits per heavy atom. The molecule has 0 aliphatic carbocycles. The van der Waals surface area contributed by atoms with Crippen LogP contribution in [-0.4, -0.2) is 24.2 Å². The van der Waals surface area contributed by atoms with Crippen LogP contribution < -0.4 is 10.6 Å². The van der Waals surface area contributed by atoms with E-state index < -0.39 is 5.60 Å². The number of hydrogen-bond acceptors (Lipinski definition) is 4. The Hall–Kier alpha value is -1.84. The average Bonchev–Trinajstić information content (AvgIpc) is 3.38. The Bertz CT molecular complexity index is 819. The van der Waals surface area contributed by atoms with Gasteiger partial charge in [0.25, 0.3) is 0 Å². The van der Waals surface area contributed by atoms with E-state index in [0.29, 0.717) is 25.6 Å². The lowest BCUT2D eigenvalue weighted by molar-refractivity contribution is 0.0621. The predicted molar refractivity (Wildman–Crippen MR) is 125 cm³/mol. The largest absolute Gasteiger partial charge is 0.469 e. The van der Waals surface area contributed by atoms with Gasteiger partial charge in [-0.25, -0.2) is 4.99 Å². The van der Waals surface area contributed by atoms with Gasteiger partial charge in [0.1, 0.15) is 11.4 Å². The Labute approximate surface area is 186 Å². The highest BCUT2D eigenvalue weighted by atomic mass is 127. The minimum atomic E-state index is -0.962. The quantitative estimate of drug-likeness (QED) is 0.242. The van der Waals surface area contributed by atoms with E-state index in [0.717, 1.165) is 23.3 Å². The van der Waals surface area contributed by atoms with Crippen molar-refractivity contribution in [2.75, 3.05) is 13.1 Å². The van der Waals surface area contributed by atoms with E-state index in [1.807, 2.05) is 59.3 Å². The lowest BCUT2D eigenvalue weighted by atomic mass is 9.99. The molecule has 2 heterocycles. The van der Waals surface area contributed by atoms with E-state index in [4.69, 9.17) is 4.42 Å². The molecule has 3 N–H and O–H groups in total. The first-order chi connectivity index (χ1) is 13.1. The van der Waals surface area contributed by atoms with Gasteiger partial charge in [0, 0.05) is 13.0 Å². The Balaban J connectivity index is 0.00000280. The number of nitrogens with zero attached hydrogens (tertiary/aromatic N) is 1. The van der Waals surface area contributed by atoms with Crippen LogP contribution in [0.15, 0.2) is 75.0 Å². The van der Waals surface area contributed by atoms with Gasteiger partial charge in [-0.1, -0.05) is 30.3 Å². The number of thiophene rings is 1. The SMILES string of the molecule is CC(O)(CNC(=NCc1ccccc1)NCCc1ccco1)c1ccsc1.I. The second kappa shape index (κ2) is 11.2. The molecule has 5 nitrogen and oxygen atoms in total. The van der Waals surface area contributed by atoms with Gasteiger partial charge in [-0.2, -0.15) is 11.3 Å². The molecule has 150 valence electrons. The summed E-state index contributed by atoms with van der Waals surface area (Å²) in [6, 6.07) is 15.9. The maximum atomic E-state index is 10.7. The maximum absolute atomic E-state index is 10.7. The molecule has 0 saturated heterocycles. The summed E-state index contributed by atoms with van der Waals surface area (Å²) in [6.07, 6.45) is 2.44. The normalized spacial score (nSPS) is 13.4. The summed E-state index contributed by atoms with van der Waals surface area (Å²) >= 11 is 1.58. The van der Waals surface area contributed by atoms with Gasteiger partial charge in [-0.05, 0) is 47.0 Å². The molecule has 2 aromatic heterocycles. The van der Waals surface area contributed by atoms with Crippen LogP contribution in [0.3, 0.4) is 0 Å². The van der Waals surface area contributed by atoms with Gasteiger partial charge in [-0.3, -0.25) is 0 Å². The van der Waals surface area contributed by atoms with E-state index in [1.54, 1.807) is 24.5 Å². The summed E-state index contributed by atoms with van der Waals surface area (Å²) < 4.78 is 5.37. The molecule has 0 fully saturated rings. The van der Waals surface area contributed by atoms with Gasteiger partial charge in [-0.15, -0.1) is 24.0 Å². The number of aliphatic imine (C=N–C) groups is 1. The van der Waals surface area contributed by atoms with Crippen LogP contribution >= 0.6 is 35.3 Å². The lowest BCUT2D eigenvalue weighted by Gasteiger charge is -2.24. The number of guanidine groups is 1. The summed E-state index contributed by atoms with van der Waals surface area (Å²) in [5.74, 6) is 1.59. The third-order valence-electron chi connectivity index (χ3n) is 4.25. The molecule has 28 heavy (non-hydrogen) atoms. The van der Waals surface area contributed by atoms with Gasteiger partial charge in [0.15, 0.2) is 5.96 Å². The summed E-state index contributed by atoms with van der Waals surface area (Å²) in [7, 11) is 0. The number of benzene rings is 1. The minimum absolute atomic E-state index is 0. The molecule has 3 rings (SSSR count). The van der Waals surface area contributed by atoms with Crippen molar-refractivity contribution in [2.45, 2.75) is 25.5 Å². The van der Waals surface area contributed by atoms with Crippen molar-refractivity contribution in [1.29, 1.82) is 0 Å². The van der Waals surface area contributed by atoms with E-state index >= 15 is 0 Å². The first-order valence-electron chi connectivity index (χ1n) is 8.97. The number of rotatable bonds is 8. The van der Waals surface area contributed by atoms with E-state index in [2.05, 4.69) is 15.6 Å². The zero-order valence-electron chi connectivity index (χ0n) is 15.8. The highest BCUT2D eigenvalue weighted by Crippen LogP contribution is 2.21. The molecule has 0 amide bonds. The third-order valence-corrected chi connectivity index (χ3v) is 4.93. The molecule has 1 unspecified atom stereocenters. The smallest absolute Gasteiger partial charge is 0.191 e. The monoisotopic (exact) mass is 511 g/mol. The molecule has 3 aromatic rings. The number of nitrogens with one attached hydrogen (secondary N) is 2. The first kappa shape index (κ1) is 22.4. The summed E-state index contributed by atoms with van der Waals surface area (Å²) in [5, 5.41) is 21.2. The fourth-order valence-electron chi connectivity index (χ4n) is 2.62. The van der Waals surface area contributed by atoms with E-state index in [1.165, 1.54) is 0 Å². The van der Waals surface area contributed by atoms with E-state index in [9.17, 15) is 5.11 Å². The number of aliphatic hydroxyl groups is 1. The molecule has 0 aliphatic rings. The Morgan fingerprint density at radius 2 is 1.96 bits per heavy atom. The third kappa shape index (κ3) is 6.96. The molecule has 0 saturated carbocycles. The lowest BCUT2D eigenvalue weighted by Crippen LogP contribution is -2.45. The van der Waals surface area contributed by atoms with Gasteiger partial charge in [0.05, 0.1) is 19.4 Å². The van der Waals surface area contributed by atoms with Crippen LogP contribution in [-0.2, 0) is 18.6 Å². The van der Waals surface area contributed by atoms with Crippen LogP contribution in [0, 0.1) is 0 Å². The van der Waals surface area contributed by atoms with Crippen LogP contribution in [0.5, 0.6) is 0 Å². The second-order valence-corrected chi connectivity index (χ2v) is 7.33.